The maximum Gasteiger partial charge on any atom is 0.239 e. The number of nitrogen functional groups attached to an aromatic ring is 1. The molecule has 7 heteroatoms. The fraction of sp³-hybridized carbons (Fsp3) is 0.500. The Morgan fingerprint density at radius 2 is 2.00 bits per heavy atom. The van der Waals surface area contributed by atoms with Gasteiger partial charge in [-0.15, -0.1) is 4.48 Å². The largest absolute Gasteiger partial charge is 0.399 e. The zero-order valence-electron chi connectivity index (χ0n) is 11.6. The molecule has 1 aromatic carbocycles. The van der Waals surface area contributed by atoms with Crippen molar-refractivity contribution in [3.8, 4) is 0 Å². The first-order valence-corrected chi connectivity index (χ1v) is 7.81. The second kappa shape index (κ2) is 5.75. The SMILES string of the molecule is CCN(c1ccc(N)c(C)c1)C(C)N(F)S(C)(=O)=O. The van der Waals surface area contributed by atoms with Crippen LogP contribution < -0.4 is 10.6 Å². The lowest BCUT2D eigenvalue weighted by atomic mass is 10.1. The van der Waals surface area contributed by atoms with Gasteiger partial charge < -0.3 is 10.6 Å². The molecule has 0 aliphatic heterocycles. The summed E-state index contributed by atoms with van der Waals surface area (Å²) in [6.45, 7) is 5.65. The van der Waals surface area contributed by atoms with Crippen molar-refractivity contribution in [2.45, 2.75) is 26.9 Å². The molecule has 0 heterocycles. The van der Waals surface area contributed by atoms with Crippen LogP contribution in [-0.2, 0) is 10.0 Å². The van der Waals surface area contributed by atoms with Crippen molar-refractivity contribution in [3.05, 3.63) is 23.8 Å². The Labute approximate surface area is 113 Å². The number of sulfonamides is 1. The van der Waals surface area contributed by atoms with Gasteiger partial charge in [-0.25, -0.2) is 8.42 Å². The summed E-state index contributed by atoms with van der Waals surface area (Å²) in [7, 11) is -3.88. The summed E-state index contributed by atoms with van der Waals surface area (Å²) in [6.07, 6.45) is -0.0750. The number of hydrogen-bond acceptors (Lipinski definition) is 4. The highest BCUT2D eigenvalue weighted by atomic mass is 32.2. The maximum absolute atomic E-state index is 13.8. The van der Waals surface area contributed by atoms with Crippen LogP contribution in [0.3, 0.4) is 0 Å². The van der Waals surface area contributed by atoms with Gasteiger partial charge in [-0.3, -0.25) is 0 Å². The predicted molar refractivity (Wildman–Crippen MR) is 75.9 cm³/mol. The molecule has 2 N–H and O–H groups in total. The first-order valence-electron chi connectivity index (χ1n) is 5.96. The summed E-state index contributed by atoms with van der Waals surface area (Å²) in [6, 6.07) is 5.28. The average Bonchev–Trinajstić information content (AvgIpc) is 2.32. The van der Waals surface area contributed by atoms with E-state index in [1.807, 2.05) is 19.9 Å². The highest BCUT2D eigenvalue weighted by molar-refractivity contribution is 7.88. The van der Waals surface area contributed by atoms with Crippen LogP contribution in [0.25, 0.3) is 0 Å². The van der Waals surface area contributed by atoms with Crippen molar-refractivity contribution in [2.75, 3.05) is 23.4 Å². The van der Waals surface area contributed by atoms with Crippen LogP contribution in [0.1, 0.15) is 19.4 Å². The average molecular weight is 289 g/mol. The third kappa shape index (κ3) is 3.57. The van der Waals surface area contributed by atoms with E-state index < -0.39 is 16.2 Å². The van der Waals surface area contributed by atoms with Gasteiger partial charge in [0.05, 0.1) is 6.26 Å². The van der Waals surface area contributed by atoms with Gasteiger partial charge in [0.1, 0.15) is 6.17 Å². The van der Waals surface area contributed by atoms with Crippen molar-refractivity contribution in [3.63, 3.8) is 0 Å². The summed E-state index contributed by atoms with van der Waals surface area (Å²) in [5.74, 6) is 0. The molecule has 1 aromatic rings. The smallest absolute Gasteiger partial charge is 0.239 e. The van der Waals surface area contributed by atoms with Gasteiger partial charge in [0.2, 0.25) is 10.0 Å². The minimum atomic E-state index is -3.88. The third-order valence-electron chi connectivity index (χ3n) is 2.99. The number of anilines is 2. The van der Waals surface area contributed by atoms with E-state index in [0.29, 0.717) is 12.2 Å². The van der Waals surface area contributed by atoms with Crippen molar-refractivity contribution in [2.24, 2.45) is 0 Å². The number of halogens is 1. The van der Waals surface area contributed by atoms with Crippen LogP contribution in [0, 0.1) is 6.92 Å². The number of rotatable bonds is 5. The number of hydrogen-bond donors (Lipinski definition) is 1. The topological polar surface area (TPSA) is 66.6 Å². The summed E-state index contributed by atoms with van der Waals surface area (Å²) in [4.78, 5) is 1.65. The molecule has 5 nitrogen and oxygen atoms in total. The minimum Gasteiger partial charge on any atom is -0.399 e. The van der Waals surface area contributed by atoms with E-state index in [1.54, 1.807) is 17.0 Å². The molecule has 0 amide bonds. The molecule has 0 saturated heterocycles. The molecule has 0 saturated carbocycles. The highest BCUT2D eigenvalue weighted by Gasteiger charge is 2.28. The molecular weight excluding hydrogens is 269 g/mol. The molecule has 1 rings (SSSR count). The molecule has 0 aliphatic rings. The quantitative estimate of drug-likeness (QED) is 0.511. The fourth-order valence-corrected chi connectivity index (χ4v) is 2.56. The Morgan fingerprint density at radius 1 is 1.42 bits per heavy atom. The van der Waals surface area contributed by atoms with Crippen molar-refractivity contribution < 1.29 is 12.9 Å². The Kier molecular flexibility index (Phi) is 4.75. The second-order valence-electron chi connectivity index (χ2n) is 4.46. The zero-order chi connectivity index (χ0) is 14.8. The predicted octanol–water partition coefficient (Wildman–Crippen LogP) is 1.90. The lowest BCUT2D eigenvalue weighted by molar-refractivity contribution is 0.0922. The zero-order valence-corrected chi connectivity index (χ0v) is 12.4. The van der Waals surface area contributed by atoms with Gasteiger partial charge in [-0.1, -0.05) is 0 Å². The molecular formula is C12H20FN3O2S. The van der Waals surface area contributed by atoms with Gasteiger partial charge in [-0.05, 0) is 49.1 Å². The van der Waals surface area contributed by atoms with Crippen LogP contribution >= 0.6 is 0 Å². The van der Waals surface area contributed by atoms with Crippen LogP contribution in [0.5, 0.6) is 0 Å². The highest BCUT2D eigenvalue weighted by Crippen LogP contribution is 2.24. The standard InChI is InChI=1S/C12H20FN3O2S/c1-5-15(10(3)16(13)19(4,17)18)11-6-7-12(14)9(2)8-11/h6-8,10H,5,14H2,1-4H3. The Hall–Kier alpha value is -1.34. The first-order chi connectivity index (χ1) is 8.68. The van der Waals surface area contributed by atoms with Gasteiger partial charge in [0, 0.05) is 17.9 Å². The van der Waals surface area contributed by atoms with E-state index in [1.165, 1.54) is 6.92 Å². The van der Waals surface area contributed by atoms with E-state index in [-0.39, 0.29) is 4.53 Å². The summed E-state index contributed by atoms with van der Waals surface area (Å²) < 4.78 is 36.1. The summed E-state index contributed by atoms with van der Waals surface area (Å²) in [5.41, 5.74) is 7.98. The van der Waals surface area contributed by atoms with Crippen molar-refractivity contribution >= 4 is 21.4 Å². The normalized spacial score (nSPS) is 13.6. The molecule has 19 heavy (non-hydrogen) atoms. The Bertz CT molecular complexity index is 548. The lowest BCUT2D eigenvalue weighted by Gasteiger charge is -2.32. The molecule has 0 spiro atoms. The number of nitrogens with two attached hydrogens (primary N) is 1. The number of benzene rings is 1. The van der Waals surface area contributed by atoms with Gasteiger partial charge >= 0.3 is 0 Å². The molecule has 108 valence electrons. The van der Waals surface area contributed by atoms with Crippen LogP contribution in [0.4, 0.5) is 15.9 Å². The third-order valence-corrected chi connectivity index (χ3v) is 3.93. The summed E-state index contributed by atoms with van der Waals surface area (Å²) >= 11 is 0. The minimum absolute atomic E-state index is 0.137. The fourth-order valence-electron chi connectivity index (χ4n) is 1.89. The van der Waals surface area contributed by atoms with Crippen LogP contribution in [0.2, 0.25) is 0 Å². The van der Waals surface area contributed by atoms with Crippen LogP contribution in [0.15, 0.2) is 18.2 Å². The van der Waals surface area contributed by atoms with Crippen molar-refractivity contribution in [1.29, 1.82) is 0 Å². The van der Waals surface area contributed by atoms with Crippen LogP contribution in [-0.4, -0.2) is 31.9 Å². The van der Waals surface area contributed by atoms with E-state index in [4.69, 9.17) is 5.73 Å². The maximum atomic E-state index is 13.8. The van der Waals surface area contributed by atoms with E-state index in [9.17, 15) is 12.9 Å². The molecule has 0 aromatic heterocycles. The Balaban J connectivity index is 3.09. The van der Waals surface area contributed by atoms with Gasteiger partial charge in [0.25, 0.3) is 0 Å². The van der Waals surface area contributed by atoms with Crippen molar-refractivity contribution in [1.82, 2.24) is 4.53 Å². The first kappa shape index (κ1) is 15.7. The lowest BCUT2D eigenvalue weighted by Crippen LogP contribution is -2.45. The molecule has 1 atom stereocenters. The van der Waals surface area contributed by atoms with Gasteiger partial charge in [-0.2, -0.15) is 0 Å². The number of aryl methyl sites for hydroxylation is 1. The molecule has 0 radical (unpaired) electrons. The molecule has 0 aliphatic carbocycles. The van der Waals surface area contributed by atoms with E-state index in [2.05, 4.69) is 0 Å². The molecule has 0 bridgehead atoms. The Morgan fingerprint density at radius 3 is 2.42 bits per heavy atom. The number of nitrogens with zero attached hydrogens (tertiary/aromatic N) is 2. The van der Waals surface area contributed by atoms with Gasteiger partial charge in [0.15, 0.2) is 0 Å². The van der Waals surface area contributed by atoms with E-state index >= 15 is 0 Å². The monoisotopic (exact) mass is 289 g/mol. The molecule has 0 fully saturated rings. The molecule has 1 unspecified atom stereocenters. The van der Waals surface area contributed by atoms with E-state index in [0.717, 1.165) is 17.5 Å². The second-order valence-corrected chi connectivity index (χ2v) is 6.28. The summed E-state index contributed by atoms with van der Waals surface area (Å²) in [5, 5.41) is 0.